The number of anilines is 1. The third-order valence-electron chi connectivity index (χ3n) is 6.56. The van der Waals surface area contributed by atoms with Gasteiger partial charge in [-0.25, -0.2) is 8.42 Å². The molecule has 0 radical (unpaired) electrons. The molecule has 0 aliphatic heterocycles. The van der Waals surface area contributed by atoms with E-state index in [0.29, 0.717) is 0 Å². The minimum atomic E-state index is -3.70. The highest BCUT2D eigenvalue weighted by molar-refractivity contribution is 7.92. The number of carbonyl (C=O) groups excluding carboxylic acids is 3. The number of hydrogen-bond donors (Lipinski definition) is 6. The lowest BCUT2D eigenvalue weighted by Gasteiger charge is -2.48. The van der Waals surface area contributed by atoms with Gasteiger partial charge >= 0.3 is 0 Å². The molecule has 0 heterocycles. The number of ketones is 2. The number of sulfonamides is 1. The number of hydrogen-bond acceptors (Lipinski definition) is 9. The Morgan fingerprint density at radius 3 is 2.47 bits per heavy atom. The molecule has 4 rings (SSSR count). The van der Waals surface area contributed by atoms with Crippen molar-refractivity contribution in [3.63, 3.8) is 0 Å². The number of Topliss-reactive ketones (excluding diaryl/α,β-unsaturated/α-hetero) is 2. The van der Waals surface area contributed by atoms with Crippen molar-refractivity contribution in [2.45, 2.75) is 31.0 Å². The number of aliphatic hydroxyl groups excluding tert-OH is 2. The predicted octanol–water partition coefficient (Wildman–Crippen LogP) is -1.04. The van der Waals surface area contributed by atoms with Gasteiger partial charge in [0.05, 0.1) is 23.6 Å². The normalized spacial score (nSPS) is 32.1. The van der Waals surface area contributed by atoms with E-state index in [1.54, 1.807) is 0 Å². The largest absolute Gasteiger partial charge is 0.507 e. The first-order valence-corrected chi connectivity index (χ1v) is 11.7. The Bertz CT molecular complexity index is 1210. The Kier molecular flexibility index (Phi) is 4.88. The third kappa shape index (κ3) is 3.09. The fourth-order valence-corrected chi connectivity index (χ4v) is 5.81. The number of aromatic hydroxyl groups is 1. The minimum Gasteiger partial charge on any atom is -0.507 e. The lowest BCUT2D eigenvalue weighted by molar-refractivity contribution is -0.174. The molecule has 2 fully saturated rings. The van der Waals surface area contributed by atoms with Crippen molar-refractivity contribution in [1.82, 2.24) is 0 Å². The lowest BCUT2D eigenvalue weighted by atomic mass is 9.56. The molecule has 3 aliphatic carbocycles. The quantitative estimate of drug-likeness (QED) is 0.237. The van der Waals surface area contributed by atoms with E-state index in [2.05, 4.69) is 4.72 Å². The number of nitrogens with two attached hydrogens (primary N) is 1. The van der Waals surface area contributed by atoms with Crippen LogP contribution in [0.2, 0.25) is 0 Å². The van der Waals surface area contributed by atoms with E-state index in [-0.39, 0.29) is 41.6 Å². The van der Waals surface area contributed by atoms with Crippen LogP contribution in [0.1, 0.15) is 24.0 Å². The summed E-state index contributed by atoms with van der Waals surface area (Å²) >= 11 is 0. The molecule has 1 amide bonds. The number of phenols is 1. The standard InChI is InChI=1S/C20H22N2O9S/c1-32(30,31)22-10-2-3-11(23)14-9(10)5-7-4-8-6-12(24)15(19(21)28)18(27)20(8,29)17(26)13(7)16(14)25/h2-3,7-8,12,15,22-25,29H,4-6H2,1H3,(H2,21,28)/t7-,8+,12?,15?,20+/m1/s1. The number of rotatable bonds is 3. The van der Waals surface area contributed by atoms with E-state index in [4.69, 9.17) is 5.73 Å². The fourth-order valence-electron chi connectivity index (χ4n) is 5.22. The molecular formula is C20H22N2O9S. The molecule has 0 spiro atoms. The average Bonchev–Trinajstić information content (AvgIpc) is 2.65. The molecule has 7 N–H and O–H groups in total. The van der Waals surface area contributed by atoms with Crippen LogP contribution >= 0.6 is 0 Å². The molecule has 2 saturated carbocycles. The van der Waals surface area contributed by atoms with Crippen LogP contribution in [0.3, 0.4) is 0 Å². The molecule has 12 heteroatoms. The van der Waals surface area contributed by atoms with Crippen LogP contribution in [-0.4, -0.2) is 64.3 Å². The summed E-state index contributed by atoms with van der Waals surface area (Å²) in [6.45, 7) is 0. The fraction of sp³-hybridized carbons (Fsp3) is 0.450. The van der Waals surface area contributed by atoms with Crippen molar-refractivity contribution >= 4 is 38.9 Å². The predicted molar refractivity (Wildman–Crippen MR) is 110 cm³/mol. The van der Waals surface area contributed by atoms with Gasteiger partial charge in [-0.3, -0.25) is 19.1 Å². The first kappa shape index (κ1) is 22.2. The summed E-state index contributed by atoms with van der Waals surface area (Å²) in [5, 5.41) is 42.6. The summed E-state index contributed by atoms with van der Waals surface area (Å²) in [5.41, 5.74) is 2.40. The van der Waals surface area contributed by atoms with Crippen LogP contribution in [0.4, 0.5) is 5.69 Å². The highest BCUT2D eigenvalue weighted by Crippen LogP contribution is 2.52. The van der Waals surface area contributed by atoms with Crippen molar-refractivity contribution in [3.8, 4) is 5.75 Å². The molecule has 0 saturated heterocycles. The van der Waals surface area contributed by atoms with E-state index in [9.17, 15) is 43.2 Å². The summed E-state index contributed by atoms with van der Waals surface area (Å²) in [6, 6.07) is 2.46. The zero-order valence-electron chi connectivity index (χ0n) is 16.9. The van der Waals surface area contributed by atoms with Gasteiger partial charge in [0.15, 0.2) is 11.4 Å². The molecule has 3 aliphatic rings. The molecule has 2 unspecified atom stereocenters. The first-order valence-electron chi connectivity index (χ1n) is 9.82. The van der Waals surface area contributed by atoms with Gasteiger partial charge < -0.3 is 26.2 Å². The minimum absolute atomic E-state index is 0.0106. The number of benzene rings is 1. The molecule has 32 heavy (non-hydrogen) atoms. The van der Waals surface area contributed by atoms with E-state index in [0.717, 1.165) is 12.3 Å². The van der Waals surface area contributed by atoms with Gasteiger partial charge in [-0.2, -0.15) is 0 Å². The van der Waals surface area contributed by atoms with Crippen LogP contribution in [0, 0.1) is 17.8 Å². The number of phenolic OH excluding ortho intramolecular Hbond substituents is 1. The summed E-state index contributed by atoms with van der Waals surface area (Å²) < 4.78 is 25.8. The monoisotopic (exact) mass is 466 g/mol. The number of primary amides is 1. The van der Waals surface area contributed by atoms with Crippen LogP contribution < -0.4 is 10.5 Å². The second-order valence-corrected chi connectivity index (χ2v) is 10.3. The van der Waals surface area contributed by atoms with Gasteiger partial charge in [0.2, 0.25) is 21.7 Å². The maximum atomic E-state index is 13.3. The molecule has 1 aromatic carbocycles. The highest BCUT2D eigenvalue weighted by Gasteiger charge is 2.63. The number of amides is 1. The van der Waals surface area contributed by atoms with Gasteiger partial charge in [0.25, 0.3) is 0 Å². The van der Waals surface area contributed by atoms with Crippen molar-refractivity contribution < 1.29 is 43.2 Å². The van der Waals surface area contributed by atoms with Crippen LogP contribution in [-0.2, 0) is 30.8 Å². The average molecular weight is 466 g/mol. The molecule has 172 valence electrons. The Labute approximate surface area is 182 Å². The summed E-state index contributed by atoms with van der Waals surface area (Å²) in [4.78, 5) is 37.9. The SMILES string of the molecule is CS(=O)(=O)Nc1ccc(O)c2c1C[C@H]1C[C@H]3CC(O)C(C(N)=O)C(=O)[C@@]3(O)C(=O)C1=C2O. The van der Waals surface area contributed by atoms with Gasteiger partial charge in [-0.1, -0.05) is 0 Å². The van der Waals surface area contributed by atoms with E-state index in [1.165, 1.54) is 6.07 Å². The van der Waals surface area contributed by atoms with Crippen molar-refractivity contribution in [2.24, 2.45) is 23.5 Å². The Balaban J connectivity index is 1.87. The number of fused-ring (bicyclic) bond motifs is 3. The Hall–Kier alpha value is -2.96. The van der Waals surface area contributed by atoms with Gasteiger partial charge in [0, 0.05) is 11.5 Å². The molecule has 0 bridgehead atoms. The zero-order valence-corrected chi connectivity index (χ0v) is 17.7. The molecule has 1 aromatic rings. The van der Waals surface area contributed by atoms with Crippen molar-refractivity contribution in [3.05, 3.63) is 28.8 Å². The Morgan fingerprint density at radius 1 is 1.22 bits per heavy atom. The topological polar surface area (TPSA) is 204 Å². The van der Waals surface area contributed by atoms with E-state index in [1.807, 2.05) is 0 Å². The second-order valence-electron chi connectivity index (χ2n) is 8.60. The maximum Gasteiger partial charge on any atom is 0.230 e. The van der Waals surface area contributed by atoms with Crippen LogP contribution in [0.5, 0.6) is 5.75 Å². The summed E-state index contributed by atoms with van der Waals surface area (Å²) in [5.74, 6) is -8.17. The van der Waals surface area contributed by atoms with Crippen molar-refractivity contribution in [1.29, 1.82) is 0 Å². The second kappa shape index (κ2) is 7.02. The molecule has 0 aromatic heterocycles. The molecular weight excluding hydrogens is 444 g/mol. The van der Waals surface area contributed by atoms with Crippen molar-refractivity contribution in [2.75, 3.05) is 11.0 Å². The Morgan fingerprint density at radius 2 is 1.88 bits per heavy atom. The van der Waals surface area contributed by atoms with Crippen LogP contribution in [0.25, 0.3) is 5.76 Å². The first-order chi connectivity index (χ1) is 14.8. The highest BCUT2D eigenvalue weighted by atomic mass is 32.2. The number of aliphatic hydroxyl groups is 3. The number of carbonyl (C=O) groups is 3. The third-order valence-corrected chi connectivity index (χ3v) is 7.15. The van der Waals surface area contributed by atoms with Gasteiger partial charge in [0.1, 0.15) is 17.4 Å². The van der Waals surface area contributed by atoms with Gasteiger partial charge in [-0.05, 0) is 42.9 Å². The smallest absolute Gasteiger partial charge is 0.230 e. The zero-order chi connectivity index (χ0) is 23.7. The van der Waals surface area contributed by atoms with Crippen LogP contribution in [0.15, 0.2) is 17.7 Å². The maximum absolute atomic E-state index is 13.3. The molecule has 11 nitrogen and oxygen atoms in total. The lowest BCUT2D eigenvalue weighted by Crippen LogP contribution is -2.66. The van der Waals surface area contributed by atoms with E-state index < -0.39 is 68.5 Å². The van der Waals surface area contributed by atoms with Gasteiger partial charge in [-0.15, -0.1) is 0 Å². The number of nitrogens with one attached hydrogen (secondary N) is 1. The summed E-state index contributed by atoms with van der Waals surface area (Å²) in [7, 11) is -3.70. The molecule has 5 atom stereocenters. The van der Waals surface area contributed by atoms with E-state index >= 15 is 0 Å². The summed E-state index contributed by atoms with van der Waals surface area (Å²) in [6.07, 6.45) is -0.774.